The number of hydrogen-bond donors (Lipinski definition) is 2. The van der Waals surface area contributed by atoms with Crippen molar-refractivity contribution in [3.05, 3.63) is 65.7 Å². The van der Waals surface area contributed by atoms with Gasteiger partial charge in [-0.1, -0.05) is 38.1 Å². The maximum atomic E-state index is 12.3. The van der Waals surface area contributed by atoms with Gasteiger partial charge in [-0.3, -0.25) is 20.4 Å². The molecule has 0 unspecified atom stereocenters. The summed E-state index contributed by atoms with van der Waals surface area (Å²) in [6, 6.07) is 15.0. The van der Waals surface area contributed by atoms with E-state index in [1.807, 2.05) is 13.8 Å². The van der Waals surface area contributed by atoms with Crippen molar-refractivity contribution in [3.63, 3.8) is 0 Å². The molecule has 0 spiro atoms. The van der Waals surface area contributed by atoms with E-state index >= 15 is 0 Å². The van der Waals surface area contributed by atoms with E-state index in [-0.39, 0.29) is 5.56 Å². The zero-order valence-corrected chi connectivity index (χ0v) is 16.1. The molecule has 0 bridgehead atoms. The molecule has 2 N–H and O–H groups in total. The van der Waals surface area contributed by atoms with Crippen molar-refractivity contribution >= 4 is 17.8 Å². The molecule has 1 atom stereocenters. The molecule has 2 aromatic rings. The van der Waals surface area contributed by atoms with Crippen molar-refractivity contribution in [1.29, 1.82) is 0 Å². The van der Waals surface area contributed by atoms with E-state index in [0.29, 0.717) is 23.8 Å². The van der Waals surface area contributed by atoms with Gasteiger partial charge in [0, 0.05) is 5.56 Å². The second-order valence-corrected chi connectivity index (χ2v) is 6.59. The number of esters is 1. The van der Waals surface area contributed by atoms with Crippen LogP contribution in [0.5, 0.6) is 5.75 Å². The van der Waals surface area contributed by atoms with Gasteiger partial charge in [0.25, 0.3) is 11.8 Å². The van der Waals surface area contributed by atoms with E-state index in [1.54, 1.807) is 54.6 Å². The van der Waals surface area contributed by atoms with Crippen LogP contribution in [0.1, 0.15) is 41.5 Å². The Hall–Kier alpha value is -3.35. The Labute approximate surface area is 164 Å². The lowest BCUT2D eigenvalue weighted by molar-refractivity contribution is -0.129. The standard InChI is InChI=1S/C21H24N2O5/c1-14(2)13-27-18-11-7-10-17(12-18)21(26)28-15(3)19(24)22-23-20(25)16-8-5-4-6-9-16/h4-12,14-15H,13H2,1-3H3,(H,22,24)(H,23,25)/t15-/m1/s1. The van der Waals surface area contributed by atoms with Crippen molar-refractivity contribution in [2.75, 3.05) is 6.61 Å². The molecule has 0 aliphatic rings. The summed E-state index contributed by atoms with van der Waals surface area (Å²) in [5, 5.41) is 0. The Bertz CT molecular complexity index is 821. The quantitative estimate of drug-likeness (QED) is 0.565. The van der Waals surface area contributed by atoms with Crippen molar-refractivity contribution in [3.8, 4) is 5.75 Å². The second-order valence-electron chi connectivity index (χ2n) is 6.59. The van der Waals surface area contributed by atoms with Crippen LogP contribution in [0.25, 0.3) is 0 Å². The largest absolute Gasteiger partial charge is 0.493 e. The number of rotatable bonds is 7. The first-order valence-electron chi connectivity index (χ1n) is 8.96. The predicted octanol–water partition coefficient (Wildman–Crippen LogP) is 2.73. The first-order chi connectivity index (χ1) is 13.4. The Balaban J connectivity index is 1.86. The van der Waals surface area contributed by atoms with Crippen LogP contribution < -0.4 is 15.6 Å². The van der Waals surface area contributed by atoms with Crippen LogP contribution in [0.15, 0.2) is 54.6 Å². The molecule has 0 aliphatic carbocycles. The van der Waals surface area contributed by atoms with Gasteiger partial charge in [-0.2, -0.15) is 0 Å². The van der Waals surface area contributed by atoms with Crippen LogP contribution in [0, 0.1) is 5.92 Å². The fourth-order valence-corrected chi connectivity index (χ4v) is 2.14. The highest BCUT2D eigenvalue weighted by molar-refractivity contribution is 5.96. The van der Waals surface area contributed by atoms with E-state index in [9.17, 15) is 14.4 Å². The second kappa shape index (κ2) is 10.1. The molecule has 7 heteroatoms. The van der Waals surface area contributed by atoms with Gasteiger partial charge < -0.3 is 9.47 Å². The van der Waals surface area contributed by atoms with E-state index < -0.39 is 23.9 Å². The SMILES string of the molecule is CC(C)COc1cccc(C(=O)O[C@H](C)C(=O)NNC(=O)c2ccccc2)c1. The van der Waals surface area contributed by atoms with Gasteiger partial charge in [-0.25, -0.2) is 4.79 Å². The van der Waals surface area contributed by atoms with Crippen LogP contribution in [0.2, 0.25) is 0 Å². The number of hydrogen-bond acceptors (Lipinski definition) is 5. The fraction of sp³-hybridized carbons (Fsp3) is 0.286. The third-order valence-corrected chi connectivity index (χ3v) is 3.64. The normalized spacial score (nSPS) is 11.4. The van der Waals surface area contributed by atoms with E-state index in [4.69, 9.17) is 9.47 Å². The molecule has 0 heterocycles. The van der Waals surface area contributed by atoms with Gasteiger partial charge in [0.2, 0.25) is 0 Å². The summed E-state index contributed by atoms with van der Waals surface area (Å²) in [6.45, 7) is 5.99. The molecule has 2 amide bonds. The summed E-state index contributed by atoms with van der Waals surface area (Å²) < 4.78 is 10.7. The zero-order chi connectivity index (χ0) is 20.5. The first-order valence-corrected chi connectivity index (χ1v) is 8.96. The highest BCUT2D eigenvalue weighted by Crippen LogP contribution is 2.15. The van der Waals surface area contributed by atoms with Crippen LogP contribution in [-0.2, 0) is 9.53 Å². The van der Waals surface area contributed by atoms with E-state index in [2.05, 4.69) is 10.9 Å². The first kappa shape index (κ1) is 21.0. The average Bonchev–Trinajstić information content (AvgIpc) is 2.70. The highest BCUT2D eigenvalue weighted by Gasteiger charge is 2.20. The Kier molecular flexibility index (Phi) is 7.56. The van der Waals surface area contributed by atoms with Gasteiger partial charge in [-0.05, 0) is 43.2 Å². The molecule has 28 heavy (non-hydrogen) atoms. The van der Waals surface area contributed by atoms with Gasteiger partial charge >= 0.3 is 5.97 Å². The molecule has 0 aliphatic heterocycles. The van der Waals surface area contributed by atoms with Crippen LogP contribution in [0.4, 0.5) is 0 Å². The van der Waals surface area contributed by atoms with Crippen molar-refractivity contribution in [2.24, 2.45) is 5.92 Å². The van der Waals surface area contributed by atoms with Crippen molar-refractivity contribution in [1.82, 2.24) is 10.9 Å². The molecule has 2 aromatic carbocycles. The summed E-state index contributed by atoms with van der Waals surface area (Å²) in [4.78, 5) is 36.2. The monoisotopic (exact) mass is 384 g/mol. The van der Waals surface area contributed by atoms with Gasteiger partial charge in [0.1, 0.15) is 5.75 Å². The minimum Gasteiger partial charge on any atom is -0.493 e. The molecule has 148 valence electrons. The number of hydrazine groups is 1. The van der Waals surface area contributed by atoms with Crippen molar-refractivity contribution < 1.29 is 23.9 Å². The minimum atomic E-state index is -1.09. The van der Waals surface area contributed by atoms with Crippen LogP contribution in [-0.4, -0.2) is 30.5 Å². The summed E-state index contributed by atoms with van der Waals surface area (Å²) in [6.07, 6.45) is -1.09. The molecular weight excluding hydrogens is 360 g/mol. The molecule has 0 aromatic heterocycles. The van der Waals surface area contributed by atoms with Gasteiger partial charge in [0.05, 0.1) is 12.2 Å². The lowest BCUT2D eigenvalue weighted by atomic mass is 10.2. The third-order valence-electron chi connectivity index (χ3n) is 3.64. The summed E-state index contributed by atoms with van der Waals surface area (Å²) in [7, 11) is 0. The van der Waals surface area contributed by atoms with E-state index in [0.717, 1.165) is 0 Å². The third kappa shape index (κ3) is 6.42. The van der Waals surface area contributed by atoms with Crippen molar-refractivity contribution in [2.45, 2.75) is 26.9 Å². The number of benzene rings is 2. The number of carbonyl (C=O) groups is 3. The molecule has 0 radical (unpaired) electrons. The van der Waals surface area contributed by atoms with Gasteiger partial charge in [0.15, 0.2) is 6.10 Å². The fourth-order valence-electron chi connectivity index (χ4n) is 2.14. The summed E-state index contributed by atoms with van der Waals surface area (Å²) in [5.41, 5.74) is 5.19. The molecule has 2 rings (SSSR count). The van der Waals surface area contributed by atoms with E-state index in [1.165, 1.54) is 6.92 Å². The maximum Gasteiger partial charge on any atom is 0.339 e. The average molecular weight is 384 g/mol. The maximum absolute atomic E-state index is 12.3. The Morgan fingerprint density at radius 2 is 1.57 bits per heavy atom. The molecule has 0 fully saturated rings. The lowest BCUT2D eigenvalue weighted by Gasteiger charge is -2.14. The highest BCUT2D eigenvalue weighted by atomic mass is 16.5. The number of ether oxygens (including phenoxy) is 2. The lowest BCUT2D eigenvalue weighted by Crippen LogP contribution is -2.46. The Morgan fingerprint density at radius 1 is 0.893 bits per heavy atom. The van der Waals surface area contributed by atoms with Gasteiger partial charge in [-0.15, -0.1) is 0 Å². The summed E-state index contributed by atoms with van der Waals surface area (Å²) >= 11 is 0. The molecule has 0 saturated heterocycles. The number of amides is 2. The number of carbonyl (C=O) groups excluding carboxylic acids is 3. The summed E-state index contributed by atoms with van der Waals surface area (Å²) in [5.74, 6) is -0.875. The molecular formula is C21H24N2O5. The molecule has 0 saturated carbocycles. The number of nitrogens with one attached hydrogen (secondary N) is 2. The Morgan fingerprint density at radius 3 is 2.25 bits per heavy atom. The zero-order valence-electron chi connectivity index (χ0n) is 16.1. The topological polar surface area (TPSA) is 93.7 Å². The van der Waals surface area contributed by atoms with Crippen LogP contribution in [0.3, 0.4) is 0 Å². The smallest absolute Gasteiger partial charge is 0.339 e. The molecule has 7 nitrogen and oxygen atoms in total. The predicted molar refractivity (Wildman–Crippen MR) is 104 cm³/mol. The minimum absolute atomic E-state index is 0.272. The van der Waals surface area contributed by atoms with Crippen LogP contribution >= 0.6 is 0 Å².